The number of carbonyl (C=O) groups excluding carboxylic acids is 1. The molecule has 0 radical (unpaired) electrons. The van der Waals surface area contributed by atoms with Crippen LogP contribution in [-0.2, 0) is 4.79 Å². The van der Waals surface area contributed by atoms with E-state index in [-0.39, 0.29) is 12.5 Å². The van der Waals surface area contributed by atoms with E-state index in [9.17, 15) is 20.1 Å². The van der Waals surface area contributed by atoms with Gasteiger partial charge in [0.1, 0.15) is 6.10 Å². The third kappa shape index (κ3) is 39.1. The van der Waals surface area contributed by atoms with Gasteiger partial charge in [0.2, 0.25) is 5.91 Å². The van der Waals surface area contributed by atoms with E-state index in [2.05, 4.69) is 43.5 Å². The van der Waals surface area contributed by atoms with E-state index in [1.54, 1.807) is 0 Å². The Morgan fingerprint density at radius 2 is 0.741 bits per heavy atom. The van der Waals surface area contributed by atoms with Crippen molar-refractivity contribution in [2.24, 2.45) is 0 Å². The summed E-state index contributed by atoms with van der Waals surface area (Å²) < 4.78 is 0. The van der Waals surface area contributed by atoms with Gasteiger partial charge >= 0.3 is 0 Å². The number of carbonyl (C=O) groups is 1. The number of unbranched alkanes of at least 4 members (excludes halogenated alkanes) is 32. The maximum Gasteiger partial charge on any atom is 0.220 e. The summed E-state index contributed by atoms with van der Waals surface area (Å²) in [7, 11) is 0. The number of aliphatic hydroxyl groups is 3. The van der Waals surface area contributed by atoms with E-state index in [0.717, 1.165) is 38.5 Å². The fourth-order valence-electron chi connectivity index (χ4n) is 7.51. The van der Waals surface area contributed by atoms with Gasteiger partial charge in [-0.3, -0.25) is 4.79 Å². The molecule has 5 heteroatoms. The molecule has 0 aliphatic rings. The van der Waals surface area contributed by atoms with Gasteiger partial charge in [-0.15, -0.1) is 0 Å². The molecule has 0 spiro atoms. The van der Waals surface area contributed by atoms with Crippen molar-refractivity contribution < 1.29 is 20.1 Å². The molecular formula is C49H95NO4. The van der Waals surface area contributed by atoms with Crippen LogP contribution < -0.4 is 5.32 Å². The lowest BCUT2D eigenvalue weighted by Crippen LogP contribution is -2.50. The molecule has 54 heavy (non-hydrogen) atoms. The van der Waals surface area contributed by atoms with Crippen molar-refractivity contribution in [1.29, 1.82) is 0 Å². The Labute approximate surface area is 337 Å². The number of rotatable bonds is 44. The fraction of sp³-hybridized carbons (Fsp3) is 0.898. The number of hydrogen-bond acceptors (Lipinski definition) is 4. The zero-order chi connectivity index (χ0) is 39.4. The molecule has 320 valence electrons. The van der Waals surface area contributed by atoms with Crippen LogP contribution in [0.15, 0.2) is 24.3 Å². The van der Waals surface area contributed by atoms with Gasteiger partial charge in [-0.25, -0.2) is 0 Å². The Hall–Kier alpha value is -1.17. The fourth-order valence-corrected chi connectivity index (χ4v) is 7.51. The van der Waals surface area contributed by atoms with Gasteiger partial charge in [0, 0.05) is 6.42 Å². The molecule has 3 unspecified atom stereocenters. The lowest BCUT2D eigenvalue weighted by Gasteiger charge is -2.26. The van der Waals surface area contributed by atoms with Gasteiger partial charge in [-0.1, -0.05) is 212 Å². The predicted molar refractivity (Wildman–Crippen MR) is 236 cm³/mol. The van der Waals surface area contributed by atoms with Crippen LogP contribution in [0.1, 0.15) is 258 Å². The first kappa shape index (κ1) is 52.8. The quantitative estimate of drug-likeness (QED) is 0.0368. The maximum atomic E-state index is 12.5. The van der Waals surface area contributed by atoms with Crippen molar-refractivity contribution in [2.45, 2.75) is 276 Å². The molecule has 5 nitrogen and oxygen atoms in total. The minimum Gasteiger partial charge on any atom is -0.394 e. The summed E-state index contributed by atoms with van der Waals surface area (Å²) >= 11 is 0. The zero-order valence-electron chi connectivity index (χ0n) is 36.4. The average Bonchev–Trinajstić information content (AvgIpc) is 3.18. The second-order valence-corrected chi connectivity index (χ2v) is 16.7. The zero-order valence-corrected chi connectivity index (χ0v) is 36.4. The van der Waals surface area contributed by atoms with E-state index in [1.807, 2.05) is 0 Å². The van der Waals surface area contributed by atoms with Gasteiger partial charge in [-0.2, -0.15) is 0 Å². The lowest BCUT2D eigenvalue weighted by atomic mass is 10.0. The molecule has 3 atom stereocenters. The summed E-state index contributed by atoms with van der Waals surface area (Å²) in [6.45, 7) is 4.18. The minimum atomic E-state index is -1.16. The van der Waals surface area contributed by atoms with Crippen LogP contribution >= 0.6 is 0 Å². The molecule has 4 N–H and O–H groups in total. The monoisotopic (exact) mass is 762 g/mol. The Morgan fingerprint density at radius 3 is 1.07 bits per heavy atom. The van der Waals surface area contributed by atoms with Crippen LogP contribution in [0.4, 0.5) is 0 Å². The highest BCUT2D eigenvalue weighted by atomic mass is 16.3. The third-order valence-electron chi connectivity index (χ3n) is 11.3. The smallest absolute Gasteiger partial charge is 0.220 e. The molecule has 0 saturated carbocycles. The SMILES string of the molecule is CCCCCCCCCCCCC/C=C/CCCC(O)C(O)C(CO)NC(=O)CCCCCCCCCC/C=C\CCCCCCCCCCCCCC. The van der Waals surface area contributed by atoms with E-state index in [4.69, 9.17) is 0 Å². The Bertz CT molecular complexity index is 799. The molecule has 0 aromatic rings. The number of aliphatic hydroxyl groups excluding tert-OH is 3. The second kappa shape index (κ2) is 44.5. The number of hydrogen-bond donors (Lipinski definition) is 4. The standard InChI is InChI=1S/C49H95NO4/c1-3-5-7-9-11-13-15-17-19-21-22-23-24-25-26-27-28-30-32-34-36-38-40-42-44-48(53)50-46(45-51)49(54)47(52)43-41-39-37-35-33-31-29-20-18-16-14-12-10-8-6-4-2/h25-26,35,37,46-47,49,51-52,54H,3-24,27-34,36,38-45H2,1-2H3,(H,50,53)/b26-25-,37-35+. The summed E-state index contributed by atoms with van der Waals surface area (Å²) in [6, 6.07) is -0.826. The van der Waals surface area contributed by atoms with Crippen LogP contribution in [-0.4, -0.2) is 46.1 Å². The first-order chi connectivity index (χ1) is 26.6. The Morgan fingerprint density at radius 1 is 0.444 bits per heavy atom. The minimum absolute atomic E-state index is 0.155. The lowest BCUT2D eigenvalue weighted by molar-refractivity contribution is -0.124. The first-order valence-corrected chi connectivity index (χ1v) is 24.1. The van der Waals surface area contributed by atoms with Crippen LogP contribution in [0.25, 0.3) is 0 Å². The second-order valence-electron chi connectivity index (χ2n) is 16.7. The van der Waals surface area contributed by atoms with Gasteiger partial charge in [0.15, 0.2) is 0 Å². The largest absolute Gasteiger partial charge is 0.394 e. The Kier molecular flexibility index (Phi) is 43.6. The summed E-state index contributed by atoms with van der Waals surface area (Å²) in [5, 5.41) is 33.6. The Balaban J connectivity index is 3.61. The normalized spacial score (nSPS) is 13.6. The van der Waals surface area contributed by atoms with Crippen molar-refractivity contribution in [3.8, 4) is 0 Å². The number of amides is 1. The molecule has 0 aliphatic carbocycles. The summed E-state index contributed by atoms with van der Waals surface area (Å²) in [4.78, 5) is 12.5. The highest BCUT2D eigenvalue weighted by Gasteiger charge is 2.26. The van der Waals surface area contributed by atoms with Crippen molar-refractivity contribution in [2.75, 3.05) is 6.61 Å². The topological polar surface area (TPSA) is 89.8 Å². The third-order valence-corrected chi connectivity index (χ3v) is 11.3. The maximum absolute atomic E-state index is 12.5. The molecular weight excluding hydrogens is 667 g/mol. The molecule has 0 aromatic heterocycles. The van der Waals surface area contributed by atoms with Crippen LogP contribution in [0.5, 0.6) is 0 Å². The number of allylic oxidation sites excluding steroid dienone is 4. The molecule has 0 aromatic carbocycles. The molecule has 0 heterocycles. The molecule has 0 fully saturated rings. The van der Waals surface area contributed by atoms with E-state index in [0.29, 0.717) is 12.8 Å². The molecule has 1 amide bonds. The molecule has 0 bridgehead atoms. The van der Waals surface area contributed by atoms with Crippen molar-refractivity contribution in [3.63, 3.8) is 0 Å². The van der Waals surface area contributed by atoms with Gasteiger partial charge < -0.3 is 20.6 Å². The molecule has 0 aliphatic heterocycles. The van der Waals surface area contributed by atoms with E-state index in [1.165, 1.54) is 193 Å². The molecule has 0 rings (SSSR count). The van der Waals surface area contributed by atoms with Crippen LogP contribution in [0.3, 0.4) is 0 Å². The average molecular weight is 762 g/mol. The molecule has 0 saturated heterocycles. The van der Waals surface area contributed by atoms with Gasteiger partial charge in [0.25, 0.3) is 0 Å². The summed E-state index contributed by atoms with van der Waals surface area (Å²) in [5.74, 6) is -0.155. The summed E-state index contributed by atoms with van der Waals surface area (Å²) in [6.07, 6.45) is 54.5. The van der Waals surface area contributed by atoms with Gasteiger partial charge in [0.05, 0.1) is 18.8 Å². The van der Waals surface area contributed by atoms with Gasteiger partial charge in [-0.05, 0) is 64.2 Å². The van der Waals surface area contributed by atoms with Crippen molar-refractivity contribution >= 4 is 5.91 Å². The highest BCUT2D eigenvalue weighted by Crippen LogP contribution is 2.16. The predicted octanol–water partition coefficient (Wildman–Crippen LogP) is 14.2. The highest BCUT2D eigenvalue weighted by molar-refractivity contribution is 5.76. The summed E-state index contributed by atoms with van der Waals surface area (Å²) in [5.41, 5.74) is 0. The van der Waals surface area contributed by atoms with E-state index >= 15 is 0 Å². The van der Waals surface area contributed by atoms with Crippen LogP contribution in [0, 0.1) is 0 Å². The number of nitrogens with one attached hydrogen (secondary N) is 1. The first-order valence-electron chi connectivity index (χ1n) is 24.1. The van der Waals surface area contributed by atoms with Crippen LogP contribution in [0.2, 0.25) is 0 Å². The van der Waals surface area contributed by atoms with Crippen molar-refractivity contribution in [1.82, 2.24) is 5.32 Å². The van der Waals surface area contributed by atoms with Crippen molar-refractivity contribution in [3.05, 3.63) is 24.3 Å². The van der Waals surface area contributed by atoms with E-state index < -0.39 is 18.2 Å².